The highest BCUT2D eigenvalue weighted by Crippen LogP contribution is 2.45. The van der Waals surface area contributed by atoms with E-state index in [1.807, 2.05) is 32.9 Å². The van der Waals surface area contributed by atoms with Crippen molar-refractivity contribution in [1.29, 1.82) is 0 Å². The van der Waals surface area contributed by atoms with Gasteiger partial charge in [-0.25, -0.2) is 9.37 Å². The summed E-state index contributed by atoms with van der Waals surface area (Å²) in [6.07, 6.45) is 0. The second kappa shape index (κ2) is 8.87. The molecule has 1 N–H and O–H groups in total. The summed E-state index contributed by atoms with van der Waals surface area (Å²) in [6.45, 7) is 5.74. The quantitative estimate of drug-likeness (QED) is 0.210. The number of amides is 1. The summed E-state index contributed by atoms with van der Waals surface area (Å²) < 4.78 is 20.0. The number of methoxy groups -OCH3 is 1. The first-order valence-electron chi connectivity index (χ1n) is 11.3. The minimum absolute atomic E-state index is 0.0802. The first kappa shape index (κ1) is 23.7. The Kier molecular flexibility index (Phi) is 5.84. The van der Waals surface area contributed by atoms with Crippen molar-refractivity contribution in [2.75, 3.05) is 12.0 Å². The molecule has 0 saturated carbocycles. The van der Waals surface area contributed by atoms with Crippen LogP contribution in [0.1, 0.15) is 33.9 Å². The third-order valence-electron chi connectivity index (χ3n) is 6.32. The second-order valence-corrected chi connectivity index (χ2v) is 9.84. The molecule has 2 heterocycles. The van der Waals surface area contributed by atoms with E-state index in [2.05, 4.69) is 0 Å². The van der Waals surface area contributed by atoms with Gasteiger partial charge in [0.2, 0.25) is 0 Å². The van der Waals surface area contributed by atoms with E-state index < -0.39 is 23.5 Å². The maximum absolute atomic E-state index is 13.8. The van der Waals surface area contributed by atoms with Gasteiger partial charge in [-0.3, -0.25) is 14.5 Å². The van der Waals surface area contributed by atoms with Crippen molar-refractivity contribution in [2.24, 2.45) is 0 Å². The van der Waals surface area contributed by atoms with E-state index in [4.69, 9.17) is 9.72 Å². The molecule has 1 aliphatic heterocycles. The fourth-order valence-electron chi connectivity index (χ4n) is 4.63. The topological polar surface area (TPSA) is 79.7 Å². The monoisotopic (exact) mass is 502 g/mol. The molecular weight excluding hydrogens is 479 g/mol. The van der Waals surface area contributed by atoms with Crippen LogP contribution in [-0.2, 0) is 9.59 Å². The summed E-state index contributed by atoms with van der Waals surface area (Å²) in [5.74, 6) is -1.77. The fourth-order valence-corrected chi connectivity index (χ4v) is 5.80. The number of nitrogens with zero attached hydrogens (tertiary/aromatic N) is 2. The predicted octanol–water partition coefficient (Wildman–Crippen LogP) is 6.00. The smallest absolute Gasteiger partial charge is 0.301 e. The average molecular weight is 503 g/mol. The zero-order chi connectivity index (χ0) is 25.7. The molecule has 0 aliphatic carbocycles. The molecule has 1 saturated heterocycles. The number of thiazole rings is 1. The summed E-state index contributed by atoms with van der Waals surface area (Å²) in [4.78, 5) is 32.8. The van der Waals surface area contributed by atoms with Crippen LogP contribution in [0.4, 0.5) is 9.52 Å². The number of aromatic nitrogens is 1. The Morgan fingerprint density at radius 2 is 1.75 bits per heavy atom. The average Bonchev–Trinajstić information content (AvgIpc) is 3.38. The van der Waals surface area contributed by atoms with Gasteiger partial charge >= 0.3 is 5.91 Å². The number of hydrogen-bond acceptors (Lipinski definition) is 6. The molecule has 3 aromatic carbocycles. The lowest BCUT2D eigenvalue weighted by Gasteiger charge is -2.23. The Morgan fingerprint density at radius 3 is 2.42 bits per heavy atom. The lowest BCUT2D eigenvalue weighted by molar-refractivity contribution is -0.132. The van der Waals surface area contributed by atoms with E-state index in [0.29, 0.717) is 22.0 Å². The number of aliphatic hydroxyl groups excluding tert-OH is 1. The van der Waals surface area contributed by atoms with Gasteiger partial charge in [0.25, 0.3) is 5.78 Å². The first-order chi connectivity index (χ1) is 17.2. The molecule has 36 heavy (non-hydrogen) atoms. The number of hydrogen-bond donors (Lipinski definition) is 1. The van der Waals surface area contributed by atoms with Crippen LogP contribution in [0.15, 0.2) is 60.2 Å². The lowest BCUT2D eigenvalue weighted by Crippen LogP contribution is -2.29. The fraction of sp³-hybridized carbons (Fsp3) is 0.179. The number of benzene rings is 3. The number of ketones is 1. The van der Waals surface area contributed by atoms with Crippen LogP contribution in [0.3, 0.4) is 0 Å². The number of Topliss-reactive ketones (excluding diaryl/α,β-unsaturated/α-hetero) is 1. The summed E-state index contributed by atoms with van der Waals surface area (Å²) in [7, 11) is 1.54. The van der Waals surface area contributed by atoms with Crippen LogP contribution in [-0.4, -0.2) is 28.9 Å². The maximum Gasteiger partial charge on any atom is 0.301 e. The van der Waals surface area contributed by atoms with Crippen LogP contribution in [0.2, 0.25) is 0 Å². The van der Waals surface area contributed by atoms with E-state index in [9.17, 15) is 19.1 Å². The maximum atomic E-state index is 13.8. The van der Waals surface area contributed by atoms with Crippen LogP contribution < -0.4 is 9.64 Å². The Balaban J connectivity index is 1.73. The van der Waals surface area contributed by atoms with Crippen molar-refractivity contribution in [3.05, 3.63) is 93.8 Å². The number of carbonyl (C=O) groups is 2. The van der Waals surface area contributed by atoms with Crippen molar-refractivity contribution in [1.82, 2.24) is 4.98 Å². The minimum Gasteiger partial charge on any atom is -0.507 e. The molecule has 1 amide bonds. The van der Waals surface area contributed by atoms with Crippen molar-refractivity contribution in [2.45, 2.75) is 26.8 Å². The molecule has 1 fully saturated rings. The van der Waals surface area contributed by atoms with Gasteiger partial charge in [-0.2, -0.15) is 0 Å². The summed E-state index contributed by atoms with van der Waals surface area (Å²) in [5.41, 5.74) is 4.28. The molecular formula is C28H23FN2O4S. The number of aliphatic hydroxyl groups is 1. The molecule has 4 aromatic rings. The molecule has 8 heteroatoms. The van der Waals surface area contributed by atoms with Gasteiger partial charge in [-0.15, -0.1) is 0 Å². The van der Waals surface area contributed by atoms with Gasteiger partial charge in [0.05, 0.1) is 28.9 Å². The molecule has 6 nitrogen and oxygen atoms in total. The van der Waals surface area contributed by atoms with Crippen molar-refractivity contribution in [3.63, 3.8) is 0 Å². The van der Waals surface area contributed by atoms with Gasteiger partial charge in [0.1, 0.15) is 17.3 Å². The standard InChI is InChI=1S/C28H23FN2O4S/c1-14-11-16(3)23-21(12-14)36-28(30-23)31-24(17-5-8-19(29)9-6-17)22(26(33)27(31)34)25(32)18-7-10-20(35-4)15(2)13-18/h5-13,24,32H,1-4H3/b25-22+. The molecule has 1 unspecified atom stereocenters. The zero-order valence-electron chi connectivity index (χ0n) is 20.1. The summed E-state index contributed by atoms with van der Waals surface area (Å²) >= 11 is 1.29. The van der Waals surface area contributed by atoms with Gasteiger partial charge in [0.15, 0.2) is 5.13 Å². The van der Waals surface area contributed by atoms with E-state index in [1.165, 1.54) is 40.5 Å². The van der Waals surface area contributed by atoms with E-state index in [-0.39, 0.29) is 11.3 Å². The van der Waals surface area contributed by atoms with Crippen LogP contribution >= 0.6 is 11.3 Å². The largest absolute Gasteiger partial charge is 0.507 e. The highest BCUT2D eigenvalue weighted by Gasteiger charge is 2.48. The summed E-state index contributed by atoms with van der Waals surface area (Å²) in [5, 5.41) is 11.6. The van der Waals surface area contributed by atoms with Crippen LogP contribution in [0, 0.1) is 26.6 Å². The minimum atomic E-state index is -0.977. The molecule has 182 valence electrons. The zero-order valence-corrected chi connectivity index (χ0v) is 20.9. The van der Waals surface area contributed by atoms with Gasteiger partial charge in [-0.05, 0) is 79.4 Å². The SMILES string of the molecule is COc1ccc(/C(O)=C2\C(=O)C(=O)N(c3nc4c(C)cc(C)cc4s3)C2c2ccc(F)cc2)cc1C. The Morgan fingerprint density at radius 1 is 1.03 bits per heavy atom. The third kappa shape index (κ3) is 3.83. The molecule has 5 rings (SSSR count). The lowest BCUT2D eigenvalue weighted by atomic mass is 9.95. The highest BCUT2D eigenvalue weighted by atomic mass is 32.1. The highest BCUT2D eigenvalue weighted by molar-refractivity contribution is 7.22. The van der Waals surface area contributed by atoms with Crippen molar-refractivity contribution in [3.8, 4) is 5.75 Å². The number of anilines is 1. The number of ether oxygens (including phenoxy) is 1. The Labute approximate surface area is 211 Å². The van der Waals surface area contributed by atoms with Crippen LogP contribution in [0.25, 0.3) is 16.0 Å². The predicted molar refractivity (Wildman–Crippen MR) is 138 cm³/mol. The number of carbonyl (C=O) groups excluding carboxylic acids is 2. The number of halogens is 1. The number of rotatable bonds is 4. The van der Waals surface area contributed by atoms with Gasteiger partial charge in [-0.1, -0.05) is 29.5 Å². The summed E-state index contributed by atoms with van der Waals surface area (Å²) in [6, 6.07) is 13.5. The molecule has 1 atom stereocenters. The molecule has 1 aliphatic rings. The van der Waals surface area contributed by atoms with E-state index >= 15 is 0 Å². The van der Waals surface area contributed by atoms with Gasteiger partial charge < -0.3 is 9.84 Å². The molecule has 0 spiro atoms. The first-order valence-corrected chi connectivity index (χ1v) is 12.1. The van der Waals surface area contributed by atoms with E-state index in [1.54, 1.807) is 25.3 Å². The van der Waals surface area contributed by atoms with Gasteiger partial charge in [0, 0.05) is 5.56 Å². The molecule has 1 aromatic heterocycles. The number of aryl methyl sites for hydroxylation is 3. The van der Waals surface area contributed by atoms with Crippen molar-refractivity contribution >= 4 is 44.1 Å². The number of fused-ring (bicyclic) bond motifs is 1. The second-order valence-electron chi connectivity index (χ2n) is 8.83. The van der Waals surface area contributed by atoms with E-state index in [0.717, 1.165) is 26.9 Å². The molecule has 0 radical (unpaired) electrons. The van der Waals surface area contributed by atoms with Crippen molar-refractivity contribution < 1.29 is 23.8 Å². The Hall–Kier alpha value is -4.04. The Bertz CT molecular complexity index is 1570. The normalized spacial score (nSPS) is 17.2. The van der Waals surface area contributed by atoms with Crippen LogP contribution in [0.5, 0.6) is 5.75 Å². The third-order valence-corrected chi connectivity index (χ3v) is 7.32. The molecule has 0 bridgehead atoms.